The minimum Gasteiger partial charge on any atom is -0.406 e. The summed E-state index contributed by atoms with van der Waals surface area (Å²) in [5.74, 6) is -0.965. The number of alkyl halides is 9. The number of rotatable bonds is 8. The Kier molecular flexibility index (Phi) is 8.43. The highest BCUT2D eigenvalue weighted by atomic mass is 19.4. The zero-order chi connectivity index (χ0) is 32.6. The Bertz CT molecular complexity index is 1650. The SMILES string of the molecule is O[C@H](CN1CC(Cc2cccc(-c3cccc(OC(F)(F)F)c3)c2)(c2cccc(OC(F)(F)F)c2)c2ccccc21)C(F)(F)F. The Morgan fingerprint density at radius 3 is 1.91 bits per heavy atom. The van der Waals surface area contributed by atoms with Gasteiger partial charge in [-0.15, -0.1) is 26.3 Å². The monoisotopic (exact) mass is 641 g/mol. The van der Waals surface area contributed by atoms with Gasteiger partial charge in [0, 0.05) is 17.6 Å². The van der Waals surface area contributed by atoms with E-state index >= 15 is 0 Å². The summed E-state index contributed by atoms with van der Waals surface area (Å²) >= 11 is 0. The minimum atomic E-state index is -5.00. The predicted molar refractivity (Wildman–Crippen MR) is 147 cm³/mol. The molecule has 45 heavy (non-hydrogen) atoms. The highest BCUT2D eigenvalue weighted by Gasteiger charge is 2.47. The van der Waals surface area contributed by atoms with Gasteiger partial charge in [0.05, 0.1) is 6.54 Å². The number of aliphatic hydroxyl groups excluding tert-OH is 1. The van der Waals surface area contributed by atoms with Gasteiger partial charge >= 0.3 is 18.9 Å². The fourth-order valence-corrected chi connectivity index (χ4v) is 5.70. The Labute approximate surface area is 251 Å². The largest absolute Gasteiger partial charge is 0.573 e. The molecular weight excluding hydrogens is 617 g/mol. The van der Waals surface area contributed by atoms with E-state index in [1.807, 2.05) is 0 Å². The maximum Gasteiger partial charge on any atom is 0.573 e. The number of aliphatic hydroxyl groups is 1. The van der Waals surface area contributed by atoms with E-state index in [1.165, 1.54) is 29.2 Å². The number of β-amino-alcohol motifs (C(OH)–C–C–N with tert-alkyl or cyclic N) is 1. The molecule has 2 atom stereocenters. The zero-order valence-electron chi connectivity index (χ0n) is 23.0. The van der Waals surface area contributed by atoms with Crippen LogP contribution >= 0.6 is 0 Å². The van der Waals surface area contributed by atoms with Crippen molar-refractivity contribution in [3.8, 4) is 22.6 Å². The highest BCUT2D eigenvalue weighted by Crippen LogP contribution is 2.48. The Morgan fingerprint density at radius 2 is 1.27 bits per heavy atom. The summed E-state index contributed by atoms with van der Waals surface area (Å²) in [5, 5.41) is 9.94. The van der Waals surface area contributed by atoms with Gasteiger partial charge in [0.15, 0.2) is 6.10 Å². The Morgan fingerprint density at radius 1 is 0.689 bits per heavy atom. The summed E-state index contributed by atoms with van der Waals surface area (Å²) < 4.78 is 126. The summed E-state index contributed by atoms with van der Waals surface area (Å²) in [6.07, 6.45) is -17.5. The average molecular weight is 642 g/mol. The van der Waals surface area contributed by atoms with Crippen molar-refractivity contribution in [2.24, 2.45) is 0 Å². The van der Waals surface area contributed by atoms with Gasteiger partial charge < -0.3 is 19.5 Å². The van der Waals surface area contributed by atoms with E-state index < -0.39 is 48.5 Å². The van der Waals surface area contributed by atoms with Crippen molar-refractivity contribution in [3.05, 3.63) is 114 Å². The highest BCUT2D eigenvalue weighted by molar-refractivity contribution is 5.69. The number of fused-ring (bicyclic) bond motifs is 1. The second-order valence-corrected chi connectivity index (χ2v) is 10.6. The van der Waals surface area contributed by atoms with Crippen molar-refractivity contribution in [2.75, 3.05) is 18.0 Å². The number of hydrogen-bond donors (Lipinski definition) is 1. The fraction of sp³-hybridized carbons (Fsp3) is 0.250. The van der Waals surface area contributed by atoms with Crippen LogP contribution in [0.4, 0.5) is 45.2 Å². The molecule has 4 nitrogen and oxygen atoms in total. The molecule has 1 N–H and O–H groups in total. The molecule has 1 aliphatic heterocycles. The molecule has 4 aromatic carbocycles. The molecule has 238 valence electrons. The van der Waals surface area contributed by atoms with Crippen molar-refractivity contribution in [1.29, 1.82) is 0 Å². The van der Waals surface area contributed by atoms with E-state index in [0.717, 1.165) is 12.1 Å². The van der Waals surface area contributed by atoms with Crippen LogP contribution in [0.3, 0.4) is 0 Å². The van der Waals surface area contributed by atoms with Gasteiger partial charge in [-0.05, 0) is 64.6 Å². The molecule has 1 unspecified atom stereocenters. The number of nitrogens with zero attached hydrogens (tertiary/aromatic N) is 1. The third-order valence-corrected chi connectivity index (χ3v) is 7.45. The predicted octanol–water partition coefficient (Wildman–Crippen LogP) is 8.42. The first-order valence-electron chi connectivity index (χ1n) is 13.4. The lowest BCUT2D eigenvalue weighted by molar-refractivity contribution is -0.275. The number of para-hydroxylation sites is 1. The number of benzene rings is 4. The summed E-state index contributed by atoms with van der Waals surface area (Å²) in [6.45, 7) is -0.971. The standard InChI is InChI=1S/C32H24F9NO3/c33-30(34,35)28(43)18-42-19-29(26-12-1-2-13-27(26)42,23-9-5-11-25(16-23)45-32(39,40)41)17-20-6-3-7-21(14-20)22-8-4-10-24(15-22)44-31(36,37)38/h1-16,28,43H,17-19H2/t28-,29?/m1/s1. The van der Waals surface area contributed by atoms with E-state index in [0.29, 0.717) is 33.5 Å². The number of hydrogen-bond acceptors (Lipinski definition) is 4. The summed E-state index contributed by atoms with van der Waals surface area (Å²) in [5.41, 5.74) is 1.42. The van der Waals surface area contributed by atoms with E-state index in [9.17, 15) is 44.6 Å². The van der Waals surface area contributed by atoms with Gasteiger partial charge in [-0.25, -0.2) is 0 Å². The van der Waals surface area contributed by atoms with E-state index in [-0.39, 0.29) is 13.0 Å². The maximum atomic E-state index is 13.4. The Hall–Kier alpha value is -4.39. The smallest absolute Gasteiger partial charge is 0.406 e. The molecule has 1 aliphatic rings. The summed E-state index contributed by atoms with van der Waals surface area (Å²) in [7, 11) is 0. The molecule has 5 rings (SSSR count). The molecule has 0 bridgehead atoms. The first-order valence-corrected chi connectivity index (χ1v) is 13.4. The van der Waals surface area contributed by atoms with Gasteiger partial charge in [-0.1, -0.05) is 66.7 Å². The van der Waals surface area contributed by atoms with Crippen LogP contribution in [0.5, 0.6) is 11.5 Å². The second-order valence-electron chi connectivity index (χ2n) is 10.6. The first-order chi connectivity index (χ1) is 21.0. The van der Waals surface area contributed by atoms with Gasteiger partial charge in [0.2, 0.25) is 0 Å². The fourth-order valence-electron chi connectivity index (χ4n) is 5.70. The average Bonchev–Trinajstić information content (AvgIpc) is 3.25. The lowest BCUT2D eigenvalue weighted by Crippen LogP contribution is -2.44. The lowest BCUT2D eigenvalue weighted by atomic mass is 9.71. The van der Waals surface area contributed by atoms with Gasteiger partial charge in [0.1, 0.15) is 11.5 Å². The van der Waals surface area contributed by atoms with Crippen LogP contribution in [0, 0.1) is 0 Å². The molecule has 1 heterocycles. The van der Waals surface area contributed by atoms with Crippen molar-refractivity contribution < 1.29 is 54.1 Å². The lowest BCUT2D eigenvalue weighted by Gasteiger charge is -2.33. The van der Waals surface area contributed by atoms with Crippen LogP contribution < -0.4 is 14.4 Å². The van der Waals surface area contributed by atoms with Crippen LogP contribution in [0.25, 0.3) is 11.1 Å². The molecule has 0 aromatic heterocycles. The summed E-state index contributed by atoms with van der Waals surface area (Å²) in [4.78, 5) is 1.34. The Balaban J connectivity index is 1.60. The van der Waals surface area contributed by atoms with Crippen LogP contribution in [-0.4, -0.2) is 43.2 Å². The van der Waals surface area contributed by atoms with Crippen molar-refractivity contribution in [1.82, 2.24) is 0 Å². The topological polar surface area (TPSA) is 41.9 Å². The van der Waals surface area contributed by atoms with E-state index in [2.05, 4.69) is 9.47 Å². The van der Waals surface area contributed by atoms with E-state index in [1.54, 1.807) is 60.7 Å². The molecule has 0 spiro atoms. The summed E-state index contributed by atoms with van der Waals surface area (Å²) in [6, 6.07) is 23.6. The number of anilines is 1. The van der Waals surface area contributed by atoms with Gasteiger partial charge in [0.25, 0.3) is 0 Å². The van der Waals surface area contributed by atoms with E-state index in [4.69, 9.17) is 0 Å². The van der Waals surface area contributed by atoms with Crippen molar-refractivity contribution >= 4 is 5.69 Å². The number of halogens is 9. The first kappa shape index (κ1) is 32.0. The van der Waals surface area contributed by atoms with Gasteiger partial charge in [-0.3, -0.25) is 0 Å². The van der Waals surface area contributed by atoms with Crippen molar-refractivity contribution in [3.63, 3.8) is 0 Å². The zero-order valence-corrected chi connectivity index (χ0v) is 23.0. The molecule has 0 amide bonds. The second kappa shape index (κ2) is 11.8. The third kappa shape index (κ3) is 7.47. The molecule has 0 saturated heterocycles. The van der Waals surface area contributed by atoms with Crippen LogP contribution in [0.15, 0.2) is 97.1 Å². The molecule has 0 fully saturated rings. The minimum absolute atomic E-state index is 0.0602. The quantitative estimate of drug-likeness (QED) is 0.196. The van der Waals surface area contributed by atoms with Crippen LogP contribution in [0.2, 0.25) is 0 Å². The molecule has 0 saturated carbocycles. The molecule has 4 aromatic rings. The molecular formula is C32H24F9NO3. The normalized spacial score (nSPS) is 17.6. The molecule has 0 aliphatic carbocycles. The molecule has 13 heteroatoms. The van der Waals surface area contributed by atoms with Crippen molar-refractivity contribution in [2.45, 2.75) is 36.8 Å². The maximum absolute atomic E-state index is 13.4. The van der Waals surface area contributed by atoms with Crippen LogP contribution in [0.1, 0.15) is 16.7 Å². The molecule has 0 radical (unpaired) electrons. The number of ether oxygens (including phenoxy) is 2. The van der Waals surface area contributed by atoms with Crippen LogP contribution in [-0.2, 0) is 11.8 Å². The van der Waals surface area contributed by atoms with Gasteiger partial charge in [-0.2, -0.15) is 13.2 Å². The third-order valence-electron chi connectivity index (χ3n) is 7.45.